The van der Waals surface area contributed by atoms with E-state index in [1.54, 1.807) is 66.7 Å². The van der Waals surface area contributed by atoms with Crippen molar-refractivity contribution in [1.82, 2.24) is 0 Å². The van der Waals surface area contributed by atoms with Crippen molar-refractivity contribution in [1.29, 1.82) is 0 Å². The van der Waals surface area contributed by atoms with Crippen LogP contribution >= 0.6 is 11.6 Å². The van der Waals surface area contributed by atoms with Gasteiger partial charge < -0.3 is 19.3 Å². The first kappa shape index (κ1) is 23.2. The van der Waals surface area contributed by atoms with Gasteiger partial charge in [-0.3, -0.25) is 14.5 Å². The largest absolute Gasteiger partial charge is 0.507 e. The van der Waals surface area contributed by atoms with Crippen LogP contribution in [0.5, 0.6) is 17.2 Å². The number of carbonyl (C=O) groups excluding carboxylic acids is 2. The number of nitrogens with zero attached hydrogens (tertiary/aromatic N) is 1. The molecule has 1 heterocycles. The quantitative estimate of drug-likeness (QED) is 0.304. The van der Waals surface area contributed by atoms with Crippen LogP contribution < -0.4 is 19.1 Å². The van der Waals surface area contributed by atoms with Crippen LogP contribution in [-0.4, -0.2) is 38.1 Å². The number of ketones is 1. The van der Waals surface area contributed by atoms with Gasteiger partial charge in [-0.15, -0.1) is 0 Å². The second-order valence-electron chi connectivity index (χ2n) is 7.48. The molecule has 1 atom stereocenters. The number of rotatable bonds is 6. The normalized spacial score (nSPS) is 17.1. The number of methoxy groups -OCH3 is 3. The molecule has 0 saturated carbocycles. The molecule has 1 aliphatic rings. The molecule has 8 heteroatoms. The molecule has 0 aliphatic carbocycles. The first-order valence-corrected chi connectivity index (χ1v) is 10.7. The lowest BCUT2D eigenvalue weighted by molar-refractivity contribution is -0.132. The van der Waals surface area contributed by atoms with Gasteiger partial charge in [0.15, 0.2) is 0 Å². The van der Waals surface area contributed by atoms with E-state index in [4.69, 9.17) is 25.8 Å². The van der Waals surface area contributed by atoms with Gasteiger partial charge in [0.05, 0.1) is 32.9 Å². The van der Waals surface area contributed by atoms with E-state index in [0.29, 0.717) is 39.1 Å². The molecule has 7 nitrogen and oxygen atoms in total. The van der Waals surface area contributed by atoms with Crippen molar-refractivity contribution in [3.05, 3.63) is 88.5 Å². The van der Waals surface area contributed by atoms with Crippen LogP contribution in [0.4, 0.5) is 5.69 Å². The van der Waals surface area contributed by atoms with Gasteiger partial charge in [-0.1, -0.05) is 11.6 Å². The topological polar surface area (TPSA) is 85.3 Å². The Kier molecular flexibility index (Phi) is 6.47. The van der Waals surface area contributed by atoms with Crippen LogP contribution in [0.2, 0.25) is 5.02 Å². The maximum absolute atomic E-state index is 13.3. The minimum Gasteiger partial charge on any atom is -0.507 e. The molecule has 4 rings (SSSR count). The summed E-state index contributed by atoms with van der Waals surface area (Å²) in [5.74, 6) is -0.366. The van der Waals surface area contributed by atoms with Crippen LogP contribution in [0.15, 0.2) is 72.3 Å². The summed E-state index contributed by atoms with van der Waals surface area (Å²) in [6, 6.07) is 17.2. The zero-order valence-corrected chi connectivity index (χ0v) is 19.5. The highest BCUT2D eigenvalue weighted by molar-refractivity contribution is 6.51. The highest BCUT2D eigenvalue weighted by Crippen LogP contribution is 2.45. The average Bonchev–Trinajstić information content (AvgIpc) is 3.13. The van der Waals surface area contributed by atoms with Crippen LogP contribution in [0.3, 0.4) is 0 Å². The Bertz CT molecular complexity index is 1270. The van der Waals surface area contributed by atoms with Crippen molar-refractivity contribution in [2.24, 2.45) is 0 Å². The van der Waals surface area contributed by atoms with Gasteiger partial charge in [-0.25, -0.2) is 0 Å². The molecule has 3 aromatic carbocycles. The van der Waals surface area contributed by atoms with E-state index in [2.05, 4.69) is 0 Å². The maximum atomic E-state index is 13.3. The Morgan fingerprint density at radius 3 is 2.06 bits per heavy atom. The lowest BCUT2D eigenvalue weighted by Gasteiger charge is -2.27. The zero-order valence-electron chi connectivity index (χ0n) is 18.7. The number of aliphatic hydroxyl groups excluding tert-OH is 1. The third-order valence-electron chi connectivity index (χ3n) is 5.65. The lowest BCUT2D eigenvalue weighted by Crippen LogP contribution is -2.29. The summed E-state index contributed by atoms with van der Waals surface area (Å²) < 4.78 is 16.1. The molecule has 0 aromatic heterocycles. The minimum atomic E-state index is -0.954. The van der Waals surface area contributed by atoms with Gasteiger partial charge in [0.25, 0.3) is 11.7 Å². The summed E-state index contributed by atoms with van der Waals surface area (Å²) in [4.78, 5) is 27.9. The van der Waals surface area contributed by atoms with Crippen molar-refractivity contribution in [2.75, 3.05) is 26.2 Å². The Hall–Kier alpha value is -3.97. The monoisotopic (exact) mass is 479 g/mol. The molecule has 34 heavy (non-hydrogen) atoms. The number of hydrogen-bond donors (Lipinski definition) is 1. The van der Waals surface area contributed by atoms with E-state index >= 15 is 0 Å². The van der Waals surface area contributed by atoms with E-state index in [-0.39, 0.29) is 11.3 Å². The zero-order chi connectivity index (χ0) is 24.4. The van der Waals surface area contributed by atoms with Gasteiger partial charge in [-0.05, 0) is 60.7 Å². The fraction of sp³-hybridized carbons (Fsp3) is 0.154. The number of halogens is 1. The van der Waals surface area contributed by atoms with E-state index < -0.39 is 17.7 Å². The molecule has 0 unspecified atom stereocenters. The van der Waals surface area contributed by atoms with Crippen LogP contribution in [-0.2, 0) is 9.59 Å². The third kappa shape index (κ3) is 4.06. The second kappa shape index (κ2) is 9.49. The predicted molar refractivity (Wildman–Crippen MR) is 129 cm³/mol. The van der Waals surface area contributed by atoms with Gasteiger partial charge in [0.1, 0.15) is 23.0 Å². The smallest absolute Gasteiger partial charge is 0.300 e. The number of ether oxygens (including phenoxy) is 3. The number of Topliss-reactive ketones (excluding diaryl/α,β-unsaturated/α-hetero) is 1. The number of benzene rings is 3. The van der Waals surface area contributed by atoms with Crippen molar-refractivity contribution in [3.63, 3.8) is 0 Å². The molecule has 1 fully saturated rings. The molecule has 1 amide bonds. The second-order valence-corrected chi connectivity index (χ2v) is 7.92. The third-order valence-corrected chi connectivity index (χ3v) is 5.90. The molecular weight excluding hydrogens is 458 g/mol. The Labute approximate surface area is 201 Å². The van der Waals surface area contributed by atoms with Crippen molar-refractivity contribution in [3.8, 4) is 17.2 Å². The molecule has 0 spiro atoms. The fourth-order valence-electron chi connectivity index (χ4n) is 3.94. The first-order chi connectivity index (χ1) is 16.4. The van der Waals surface area contributed by atoms with Crippen LogP contribution in [0.25, 0.3) is 5.76 Å². The molecule has 0 bridgehead atoms. The predicted octanol–water partition coefficient (Wildman–Crippen LogP) is 4.99. The molecule has 1 saturated heterocycles. The van der Waals surface area contributed by atoms with Crippen molar-refractivity contribution >= 4 is 34.7 Å². The summed E-state index contributed by atoms with van der Waals surface area (Å²) >= 11 is 5.98. The fourth-order valence-corrected chi connectivity index (χ4v) is 4.07. The summed E-state index contributed by atoms with van der Waals surface area (Å²) in [5, 5.41) is 11.7. The standard InChI is InChI=1S/C26H22ClNO6/c1-32-18-10-8-17(9-11-18)28-23(20-13-12-19(33-2)14-21(20)34-3)22(25(30)26(28)31)24(29)15-4-6-16(27)7-5-15/h4-14,23,29H,1-3H3/t23-/m1/s1. The van der Waals surface area contributed by atoms with Crippen molar-refractivity contribution < 1.29 is 28.9 Å². The van der Waals surface area contributed by atoms with E-state index in [0.717, 1.165) is 0 Å². The molecule has 174 valence electrons. The van der Waals surface area contributed by atoms with E-state index in [9.17, 15) is 14.7 Å². The van der Waals surface area contributed by atoms with Crippen LogP contribution in [0.1, 0.15) is 17.2 Å². The number of carbonyl (C=O) groups is 2. The van der Waals surface area contributed by atoms with Crippen molar-refractivity contribution in [2.45, 2.75) is 6.04 Å². The van der Waals surface area contributed by atoms with Gasteiger partial charge >= 0.3 is 0 Å². The summed E-state index contributed by atoms with van der Waals surface area (Å²) in [6.07, 6.45) is 0. The highest BCUT2D eigenvalue weighted by Gasteiger charge is 2.48. The molecule has 1 N–H and O–H groups in total. The SMILES string of the molecule is COc1ccc(N2C(=O)C(=O)C(=C(O)c3ccc(Cl)cc3)[C@H]2c2ccc(OC)cc2OC)cc1. The first-order valence-electron chi connectivity index (χ1n) is 10.3. The Morgan fingerprint density at radius 1 is 0.853 bits per heavy atom. The number of anilines is 1. The maximum Gasteiger partial charge on any atom is 0.300 e. The number of amides is 1. The highest BCUT2D eigenvalue weighted by atomic mass is 35.5. The van der Waals surface area contributed by atoms with Gasteiger partial charge in [0.2, 0.25) is 0 Å². The Balaban J connectivity index is 1.96. The number of hydrogen-bond acceptors (Lipinski definition) is 6. The van der Waals surface area contributed by atoms with E-state index in [1.807, 2.05) is 0 Å². The summed E-state index contributed by atoms with van der Waals surface area (Å²) in [7, 11) is 4.55. The van der Waals surface area contributed by atoms with Gasteiger partial charge in [-0.2, -0.15) is 0 Å². The minimum absolute atomic E-state index is 0.0633. The van der Waals surface area contributed by atoms with E-state index in [1.165, 1.54) is 26.2 Å². The molecule has 3 aromatic rings. The molecule has 1 aliphatic heterocycles. The lowest BCUT2D eigenvalue weighted by atomic mass is 9.94. The Morgan fingerprint density at radius 2 is 1.47 bits per heavy atom. The molecule has 0 radical (unpaired) electrons. The summed E-state index contributed by atoms with van der Waals surface area (Å²) in [5.41, 5.74) is 1.26. The van der Waals surface area contributed by atoms with Crippen LogP contribution in [0, 0.1) is 0 Å². The summed E-state index contributed by atoms with van der Waals surface area (Å²) in [6.45, 7) is 0. The average molecular weight is 480 g/mol. The number of aliphatic hydroxyl groups is 1. The molecular formula is C26H22ClNO6. The van der Waals surface area contributed by atoms with Gasteiger partial charge in [0, 0.05) is 27.9 Å².